The fourth-order valence-corrected chi connectivity index (χ4v) is 2.15. The molecule has 0 unspecified atom stereocenters. The van der Waals surface area contributed by atoms with Crippen molar-refractivity contribution in [3.63, 3.8) is 0 Å². The maximum absolute atomic E-state index is 11.9. The first-order valence-electron chi connectivity index (χ1n) is 7.85. The predicted octanol–water partition coefficient (Wildman–Crippen LogP) is 1.98. The molecule has 0 atom stereocenters. The van der Waals surface area contributed by atoms with E-state index in [1.807, 2.05) is 31.2 Å². The van der Waals surface area contributed by atoms with Crippen molar-refractivity contribution >= 4 is 17.5 Å². The molecule has 0 aliphatic rings. The number of benzene rings is 1. The average Bonchev–Trinajstić information content (AvgIpc) is 2.53. The van der Waals surface area contributed by atoms with Gasteiger partial charge in [0.15, 0.2) is 0 Å². The first-order valence-corrected chi connectivity index (χ1v) is 7.85. The van der Waals surface area contributed by atoms with Gasteiger partial charge in [-0.05, 0) is 25.5 Å². The molecule has 0 heterocycles. The van der Waals surface area contributed by atoms with E-state index in [1.165, 1.54) is 6.92 Å². The molecule has 0 spiro atoms. The second-order valence-electron chi connectivity index (χ2n) is 5.02. The molecule has 0 radical (unpaired) electrons. The van der Waals surface area contributed by atoms with E-state index in [2.05, 4.69) is 5.32 Å². The van der Waals surface area contributed by atoms with Crippen molar-refractivity contribution in [3.05, 3.63) is 24.3 Å². The van der Waals surface area contributed by atoms with Crippen molar-refractivity contribution < 1.29 is 19.1 Å². The number of rotatable bonds is 10. The monoisotopic (exact) mass is 322 g/mol. The van der Waals surface area contributed by atoms with Crippen LogP contribution in [0.1, 0.15) is 26.7 Å². The lowest BCUT2D eigenvalue weighted by atomic mass is 10.2. The number of carbonyl (C=O) groups is 2. The van der Waals surface area contributed by atoms with E-state index >= 15 is 0 Å². The highest BCUT2D eigenvalue weighted by Gasteiger charge is 2.17. The van der Waals surface area contributed by atoms with Crippen molar-refractivity contribution in [3.8, 4) is 5.75 Å². The molecule has 6 nitrogen and oxygen atoms in total. The second kappa shape index (κ2) is 10.6. The van der Waals surface area contributed by atoms with Gasteiger partial charge in [0.25, 0.3) is 0 Å². The summed E-state index contributed by atoms with van der Waals surface area (Å²) in [6.07, 6.45) is 1.01. The number of ether oxygens (including phenoxy) is 2. The summed E-state index contributed by atoms with van der Waals surface area (Å²) in [4.78, 5) is 25.4. The lowest BCUT2D eigenvalue weighted by Crippen LogP contribution is -2.34. The van der Waals surface area contributed by atoms with Crippen molar-refractivity contribution in [2.24, 2.45) is 0 Å². The van der Waals surface area contributed by atoms with Crippen LogP contribution >= 0.6 is 0 Å². The number of methoxy groups -OCH3 is 1. The lowest BCUT2D eigenvalue weighted by Gasteiger charge is -2.23. The van der Waals surface area contributed by atoms with E-state index in [1.54, 1.807) is 12.0 Å². The summed E-state index contributed by atoms with van der Waals surface area (Å²) in [5.41, 5.74) is 0.689. The first kappa shape index (κ1) is 19.0. The number of carbonyl (C=O) groups excluding carboxylic acids is 2. The van der Waals surface area contributed by atoms with E-state index in [4.69, 9.17) is 9.47 Å². The Hall–Kier alpha value is -2.08. The third-order valence-corrected chi connectivity index (χ3v) is 3.25. The molecule has 0 bridgehead atoms. The molecule has 0 aromatic heterocycles. The molecule has 6 heteroatoms. The largest absolute Gasteiger partial charge is 0.492 e. The van der Waals surface area contributed by atoms with Gasteiger partial charge in [-0.25, -0.2) is 0 Å². The molecule has 1 aromatic carbocycles. The molecule has 1 rings (SSSR count). The minimum Gasteiger partial charge on any atom is -0.492 e. The van der Waals surface area contributed by atoms with E-state index in [0.717, 1.165) is 6.42 Å². The van der Waals surface area contributed by atoms with Gasteiger partial charge in [-0.1, -0.05) is 12.1 Å². The van der Waals surface area contributed by atoms with Gasteiger partial charge >= 0.3 is 0 Å². The Labute approximate surface area is 137 Å². The molecule has 1 N–H and O–H groups in total. The Balaban J connectivity index is 2.63. The van der Waals surface area contributed by atoms with E-state index in [9.17, 15) is 9.59 Å². The molecule has 0 saturated carbocycles. The van der Waals surface area contributed by atoms with Crippen LogP contribution in [0.3, 0.4) is 0 Å². The quantitative estimate of drug-likeness (QED) is 0.669. The average molecular weight is 322 g/mol. The highest BCUT2D eigenvalue weighted by molar-refractivity contribution is 5.93. The van der Waals surface area contributed by atoms with Crippen LogP contribution in [0.15, 0.2) is 24.3 Å². The molecule has 0 aliphatic carbocycles. The summed E-state index contributed by atoms with van der Waals surface area (Å²) < 4.78 is 10.5. The number of hydrogen-bond acceptors (Lipinski definition) is 4. The van der Waals surface area contributed by atoms with Gasteiger partial charge < -0.3 is 19.7 Å². The zero-order chi connectivity index (χ0) is 17.1. The maximum atomic E-state index is 11.9. The van der Waals surface area contributed by atoms with Crippen LogP contribution in [-0.4, -0.2) is 45.2 Å². The van der Waals surface area contributed by atoms with Gasteiger partial charge in [-0.2, -0.15) is 0 Å². The second-order valence-corrected chi connectivity index (χ2v) is 5.02. The van der Waals surface area contributed by atoms with Crippen molar-refractivity contribution in [2.75, 3.05) is 38.3 Å². The Morgan fingerprint density at radius 1 is 1.26 bits per heavy atom. The van der Waals surface area contributed by atoms with Gasteiger partial charge in [0.05, 0.1) is 12.3 Å². The molecular weight excluding hydrogens is 296 g/mol. The summed E-state index contributed by atoms with van der Waals surface area (Å²) in [5.74, 6) is 0.441. The van der Waals surface area contributed by atoms with Crippen LogP contribution in [0, 0.1) is 0 Å². The molecule has 0 fully saturated rings. The van der Waals surface area contributed by atoms with Crippen molar-refractivity contribution in [1.29, 1.82) is 0 Å². The maximum Gasteiger partial charge on any atom is 0.223 e. The molecule has 0 aliphatic heterocycles. The number of hydrogen-bond donors (Lipinski definition) is 1. The van der Waals surface area contributed by atoms with Crippen molar-refractivity contribution in [2.45, 2.75) is 26.7 Å². The molecule has 23 heavy (non-hydrogen) atoms. The fourth-order valence-electron chi connectivity index (χ4n) is 2.15. The minimum atomic E-state index is -0.121. The summed E-state index contributed by atoms with van der Waals surface area (Å²) in [6, 6.07) is 7.34. The van der Waals surface area contributed by atoms with Crippen LogP contribution in [-0.2, 0) is 14.3 Å². The van der Waals surface area contributed by atoms with Crippen LogP contribution in [0.4, 0.5) is 5.69 Å². The third kappa shape index (κ3) is 6.69. The molecular formula is C17H26N2O4. The Kier molecular flexibility index (Phi) is 8.75. The van der Waals surface area contributed by atoms with Crippen molar-refractivity contribution in [1.82, 2.24) is 5.32 Å². The lowest BCUT2D eigenvalue weighted by molar-refractivity contribution is -0.121. The number of anilines is 1. The highest BCUT2D eigenvalue weighted by atomic mass is 16.5. The molecule has 2 amide bonds. The number of para-hydroxylation sites is 2. The van der Waals surface area contributed by atoms with Gasteiger partial charge in [0.1, 0.15) is 5.75 Å². The van der Waals surface area contributed by atoms with Crippen LogP contribution < -0.4 is 15.0 Å². The van der Waals surface area contributed by atoms with E-state index in [0.29, 0.717) is 37.7 Å². The SMILES string of the molecule is CCOc1ccccc1N(CCC(=O)NCCCOC)C(C)=O. The van der Waals surface area contributed by atoms with Crippen LogP contribution in [0.2, 0.25) is 0 Å². The zero-order valence-corrected chi connectivity index (χ0v) is 14.1. The number of amides is 2. The summed E-state index contributed by atoms with van der Waals surface area (Å²) in [7, 11) is 1.63. The molecule has 0 saturated heterocycles. The Morgan fingerprint density at radius 2 is 2.00 bits per heavy atom. The zero-order valence-electron chi connectivity index (χ0n) is 14.1. The summed E-state index contributed by atoms with van der Waals surface area (Å²) >= 11 is 0. The third-order valence-electron chi connectivity index (χ3n) is 3.25. The topological polar surface area (TPSA) is 67.9 Å². The Bertz CT molecular complexity index is 505. The van der Waals surface area contributed by atoms with Crippen LogP contribution in [0.5, 0.6) is 5.75 Å². The first-order chi connectivity index (χ1) is 11.1. The van der Waals surface area contributed by atoms with E-state index < -0.39 is 0 Å². The predicted molar refractivity (Wildman–Crippen MR) is 89.8 cm³/mol. The summed E-state index contributed by atoms with van der Waals surface area (Å²) in [6.45, 7) is 5.39. The van der Waals surface area contributed by atoms with Crippen LogP contribution in [0.25, 0.3) is 0 Å². The van der Waals surface area contributed by atoms with Gasteiger partial charge in [0.2, 0.25) is 11.8 Å². The smallest absolute Gasteiger partial charge is 0.223 e. The van der Waals surface area contributed by atoms with Gasteiger partial charge in [-0.15, -0.1) is 0 Å². The number of nitrogens with one attached hydrogen (secondary N) is 1. The standard InChI is InChI=1S/C17H26N2O4/c1-4-23-16-9-6-5-8-15(16)19(14(2)20)12-10-17(21)18-11-7-13-22-3/h5-6,8-9H,4,7,10-13H2,1-3H3,(H,18,21). The normalized spacial score (nSPS) is 10.2. The molecule has 128 valence electrons. The Morgan fingerprint density at radius 3 is 2.65 bits per heavy atom. The highest BCUT2D eigenvalue weighted by Crippen LogP contribution is 2.28. The fraction of sp³-hybridized carbons (Fsp3) is 0.529. The summed E-state index contributed by atoms with van der Waals surface area (Å²) in [5, 5.41) is 2.81. The number of nitrogens with zero attached hydrogens (tertiary/aromatic N) is 1. The van der Waals surface area contributed by atoms with E-state index in [-0.39, 0.29) is 18.2 Å². The van der Waals surface area contributed by atoms with Gasteiger partial charge in [-0.3, -0.25) is 9.59 Å². The molecule has 1 aromatic rings. The minimum absolute atomic E-state index is 0.0822. The van der Waals surface area contributed by atoms with Gasteiger partial charge in [0, 0.05) is 40.2 Å².